The number of nitriles is 1. The number of rotatable bonds is 7. The third-order valence-electron chi connectivity index (χ3n) is 5.72. The van der Waals surface area contributed by atoms with E-state index in [1.165, 1.54) is 18.9 Å². The highest BCUT2D eigenvalue weighted by molar-refractivity contribution is 8.00. The van der Waals surface area contributed by atoms with Crippen LogP contribution in [-0.4, -0.2) is 66.6 Å². The zero-order chi connectivity index (χ0) is 26.3. The number of nitrogen functional groups attached to an aromatic ring is 1. The Morgan fingerprint density at radius 3 is 2.95 bits per heavy atom. The van der Waals surface area contributed by atoms with Crippen molar-refractivity contribution in [1.29, 1.82) is 5.26 Å². The maximum atomic E-state index is 13.0. The lowest BCUT2D eigenvalue weighted by Gasteiger charge is -2.50. The van der Waals surface area contributed by atoms with E-state index in [1.807, 2.05) is 4.57 Å². The quantitative estimate of drug-likeness (QED) is 0.146. The van der Waals surface area contributed by atoms with Crippen molar-refractivity contribution in [2.45, 2.75) is 18.0 Å². The van der Waals surface area contributed by atoms with Gasteiger partial charge >= 0.3 is 0 Å². The maximum absolute atomic E-state index is 13.0. The zero-order valence-electron chi connectivity index (χ0n) is 19.0. The molecule has 2 aliphatic rings. The van der Waals surface area contributed by atoms with Crippen LogP contribution >= 0.6 is 23.3 Å². The van der Waals surface area contributed by atoms with Gasteiger partial charge in [-0.05, 0) is 6.07 Å². The number of carbonyl (C=O) groups is 3. The third kappa shape index (κ3) is 4.23. The van der Waals surface area contributed by atoms with E-state index >= 15 is 0 Å². The van der Waals surface area contributed by atoms with Crippen molar-refractivity contribution in [3.63, 3.8) is 0 Å². The van der Waals surface area contributed by atoms with E-state index in [-0.39, 0.29) is 34.7 Å². The molecule has 16 heteroatoms. The number of carbonyl (C=O) groups excluding carboxylic acids is 3. The highest BCUT2D eigenvalue weighted by atomic mass is 32.2. The second kappa shape index (κ2) is 9.52. The molecule has 0 aliphatic carbocycles. The lowest BCUT2D eigenvalue weighted by molar-refractivity contribution is -0.510. The van der Waals surface area contributed by atoms with Gasteiger partial charge in [0.1, 0.15) is 49.7 Å². The van der Waals surface area contributed by atoms with Crippen LogP contribution in [0.3, 0.4) is 0 Å². The largest absolute Gasteiger partial charge is 0.543 e. The molecule has 0 spiro atoms. The van der Waals surface area contributed by atoms with Gasteiger partial charge in [-0.25, -0.2) is 8.97 Å². The smallest absolute Gasteiger partial charge is 0.286 e. The first-order chi connectivity index (χ1) is 17.8. The van der Waals surface area contributed by atoms with Gasteiger partial charge in [0.2, 0.25) is 11.5 Å². The Hall–Kier alpha value is -4.49. The lowest BCUT2D eigenvalue weighted by atomic mass is 10.0. The van der Waals surface area contributed by atoms with E-state index in [0.717, 1.165) is 22.1 Å². The summed E-state index contributed by atoms with van der Waals surface area (Å²) in [5.74, 6) is -2.63. The van der Waals surface area contributed by atoms with E-state index in [1.54, 1.807) is 35.1 Å². The molecule has 0 bridgehead atoms. The van der Waals surface area contributed by atoms with Crippen molar-refractivity contribution in [3.8, 4) is 6.07 Å². The number of thioether (sulfide) groups is 1. The molecule has 3 N–H and O–H groups in total. The Morgan fingerprint density at radius 2 is 2.27 bits per heavy atom. The van der Waals surface area contributed by atoms with Crippen LogP contribution in [0.5, 0.6) is 0 Å². The fourth-order valence-electron chi connectivity index (χ4n) is 4.12. The zero-order valence-corrected chi connectivity index (χ0v) is 20.7. The van der Waals surface area contributed by atoms with Crippen LogP contribution in [0.1, 0.15) is 11.4 Å². The minimum Gasteiger partial charge on any atom is -0.543 e. The van der Waals surface area contributed by atoms with Gasteiger partial charge in [0, 0.05) is 28.9 Å². The SMILES string of the molecule is CO/N=C(\C(=O)N[C@@H]1C(=O)N2C(C(=O)[O-])=C(Cn3cc[n+]4cc(C#N)ccc34)CS[C@@H]12)c1nsc(N)n1. The number of fused-ring (bicyclic) bond motifs is 2. The molecule has 0 saturated carbocycles. The summed E-state index contributed by atoms with van der Waals surface area (Å²) in [5, 5.41) is 26.9. The van der Waals surface area contributed by atoms with Gasteiger partial charge in [-0.3, -0.25) is 14.5 Å². The molecule has 2 amide bonds. The number of hydrogen-bond acceptors (Lipinski definition) is 12. The molecule has 0 radical (unpaired) electrons. The Morgan fingerprint density at radius 1 is 1.46 bits per heavy atom. The summed E-state index contributed by atoms with van der Waals surface area (Å²) in [5.41, 5.74) is 6.78. The van der Waals surface area contributed by atoms with Gasteiger partial charge in [-0.1, -0.05) is 5.16 Å². The number of aromatic nitrogens is 4. The topological polar surface area (TPSA) is 196 Å². The van der Waals surface area contributed by atoms with Crippen molar-refractivity contribution >= 4 is 57.6 Å². The molecule has 0 aromatic carbocycles. The highest BCUT2D eigenvalue weighted by Gasteiger charge is 2.53. The van der Waals surface area contributed by atoms with Crippen LogP contribution in [-0.2, 0) is 25.8 Å². The number of nitrogens with one attached hydrogen (secondary N) is 1. The summed E-state index contributed by atoms with van der Waals surface area (Å²) in [6.07, 6.45) is 5.16. The van der Waals surface area contributed by atoms with Crippen LogP contribution in [0.25, 0.3) is 5.65 Å². The number of amides is 2. The third-order valence-corrected chi connectivity index (χ3v) is 7.61. The average Bonchev–Trinajstić information content (AvgIpc) is 3.50. The molecule has 188 valence electrons. The van der Waals surface area contributed by atoms with Crippen molar-refractivity contribution in [2.75, 3.05) is 18.6 Å². The molecule has 3 aromatic rings. The van der Waals surface area contributed by atoms with E-state index in [9.17, 15) is 19.5 Å². The molecule has 2 aliphatic heterocycles. The lowest BCUT2D eigenvalue weighted by Crippen LogP contribution is -2.71. The van der Waals surface area contributed by atoms with Crippen molar-refractivity contribution in [1.82, 2.24) is 24.1 Å². The summed E-state index contributed by atoms with van der Waals surface area (Å²) in [7, 11) is 1.24. The number of pyridine rings is 1. The molecule has 5 rings (SSSR count). The molecular formula is C21H17N9O5S2. The van der Waals surface area contributed by atoms with Crippen LogP contribution in [0.2, 0.25) is 0 Å². The summed E-state index contributed by atoms with van der Waals surface area (Å²) in [6, 6.07) is 4.48. The summed E-state index contributed by atoms with van der Waals surface area (Å²) in [4.78, 5) is 47.7. The predicted octanol–water partition coefficient (Wildman–Crippen LogP) is -2.01. The van der Waals surface area contributed by atoms with Crippen LogP contribution in [0.4, 0.5) is 5.13 Å². The van der Waals surface area contributed by atoms with Crippen LogP contribution in [0.15, 0.2) is 47.1 Å². The minimum absolute atomic E-state index is 0.0573. The second-order valence-electron chi connectivity index (χ2n) is 7.90. The van der Waals surface area contributed by atoms with Crippen LogP contribution < -0.4 is 20.6 Å². The first-order valence-corrected chi connectivity index (χ1v) is 12.4. The number of aliphatic carboxylic acids is 1. The van der Waals surface area contributed by atoms with Gasteiger partial charge in [0.15, 0.2) is 5.13 Å². The van der Waals surface area contributed by atoms with E-state index in [4.69, 9.17) is 15.8 Å². The van der Waals surface area contributed by atoms with Crippen molar-refractivity contribution < 1.29 is 28.7 Å². The number of anilines is 1. The van der Waals surface area contributed by atoms with Crippen molar-refractivity contribution in [3.05, 3.63) is 53.4 Å². The molecule has 37 heavy (non-hydrogen) atoms. The minimum atomic E-state index is -1.49. The molecule has 0 unspecified atom stereocenters. The molecule has 5 heterocycles. The first-order valence-electron chi connectivity index (χ1n) is 10.6. The fourth-order valence-corrected chi connectivity index (χ4v) is 5.89. The number of nitrogens with zero attached hydrogens (tertiary/aromatic N) is 7. The van der Waals surface area contributed by atoms with E-state index in [0.29, 0.717) is 11.1 Å². The molecule has 14 nitrogen and oxygen atoms in total. The van der Waals surface area contributed by atoms with E-state index in [2.05, 4.69) is 25.9 Å². The first kappa shape index (κ1) is 24.2. The highest BCUT2D eigenvalue weighted by Crippen LogP contribution is 2.40. The average molecular weight is 540 g/mol. The number of hydrogen-bond donors (Lipinski definition) is 2. The Kier molecular flexibility index (Phi) is 6.23. The standard InChI is InChI=1S/C21H17N9O5S2/c1-35-26-13(16-25-21(23)37-27-16)17(31)24-14-18(32)30-15(20(33)34)11(9-36-19(14)30)8-29-5-4-28-7-10(6-22)2-3-12(28)29/h2-5,7,14,19H,8-9H2,1H3,(H3-,23,24,25,27,31,33,34)/b26-13-/t14-,19+/m1/s1. The molecule has 1 saturated heterocycles. The number of β-lactam (4-membered cyclic amide) rings is 1. The maximum Gasteiger partial charge on any atom is 0.286 e. The number of carboxylic acid groups (broad SMARTS) is 1. The monoisotopic (exact) mass is 539 g/mol. The Labute approximate surface area is 216 Å². The molecule has 2 atom stereocenters. The molecular weight excluding hydrogens is 522 g/mol. The van der Waals surface area contributed by atoms with Gasteiger partial charge in [0.05, 0.1) is 17.2 Å². The van der Waals surface area contributed by atoms with Gasteiger partial charge in [0.25, 0.3) is 17.5 Å². The summed E-state index contributed by atoms with van der Waals surface area (Å²) < 4.78 is 7.50. The molecule has 1 fully saturated rings. The number of carboxylic acids is 1. The van der Waals surface area contributed by atoms with Gasteiger partial charge < -0.3 is 25.8 Å². The van der Waals surface area contributed by atoms with Crippen LogP contribution in [0, 0.1) is 11.3 Å². The number of imidazole rings is 1. The van der Waals surface area contributed by atoms with Gasteiger partial charge in [-0.15, -0.1) is 11.8 Å². The fraction of sp³-hybridized carbons (Fsp3) is 0.238. The summed E-state index contributed by atoms with van der Waals surface area (Å²) >= 11 is 2.18. The number of oxime groups is 1. The Bertz CT molecular complexity index is 1550. The normalized spacial score (nSPS) is 19.3. The second-order valence-corrected chi connectivity index (χ2v) is 9.79. The Balaban J connectivity index is 1.37. The van der Waals surface area contributed by atoms with Crippen molar-refractivity contribution in [2.24, 2.45) is 5.16 Å². The number of nitrogens with two attached hydrogens (primary N) is 1. The summed E-state index contributed by atoms with van der Waals surface area (Å²) in [6.45, 7) is 0.188. The molecule has 3 aromatic heterocycles. The predicted molar refractivity (Wildman–Crippen MR) is 127 cm³/mol. The van der Waals surface area contributed by atoms with Gasteiger partial charge in [-0.2, -0.15) is 14.6 Å². The van der Waals surface area contributed by atoms with E-state index < -0.39 is 29.2 Å².